The standard InChI is InChI=1S/C17H23N3O/c1-11-8-16(14-9-12(18)4-5-15(14)19-11)20-13-6-7-21-17(2,3)10-13/h4-5,8-9,13H,6-7,10,18H2,1-3H3,(H,19,20). The Morgan fingerprint density at radius 1 is 1.33 bits per heavy atom. The van der Waals surface area contributed by atoms with Crippen molar-refractivity contribution in [2.75, 3.05) is 17.7 Å². The molecule has 1 aromatic carbocycles. The van der Waals surface area contributed by atoms with E-state index in [0.29, 0.717) is 6.04 Å². The lowest BCUT2D eigenvalue weighted by atomic mass is 9.93. The zero-order chi connectivity index (χ0) is 15.0. The number of ether oxygens (including phenoxy) is 1. The molecule has 1 aliphatic rings. The molecule has 1 aromatic heterocycles. The molecule has 1 aliphatic heterocycles. The minimum Gasteiger partial charge on any atom is -0.399 e. The van der Waals surface area contributed by atoms with Crippen LogP contribution < -0.4 is 11.1 Å². The van der Waals surface area contributed by atoms with Gasteiger partial charge in [0.05, 0.1) is 11.1 Å². The third kappa shape index (κ3) is 3.10. The molecule has 2 aromatic rings. The van der Waals surface area contributed by atoms with E-state index in [1.165, 1.54) is 0 Å². The summed E-state index contributed by atoms with van der Waals surface area (Å²) in [4.78, 5) is 4.58. The summed E-state index contributed by atoms with van der Waals surface area (Å²) in [5.41, 5.74) is 9.75. The maximum Gasteiger partial charge on any atom is 0.0727 e. The van der Waals surface area contributed by atoms with Gasteiger partial charge in [0.15, 0.2) is 0 Å². The Balaban J connectivity index is 1.94. The summed E-state index contributed by atoms with van der Waals surface area (Å²) in [6.07, 6.45) is 2.02. The molecule has 0 radical (unpaired) electrons. The Bertz CT molecular complexity index is 666. The molecule has 0 amide bonds. The highest BCUT2D eigenvalue weighted by atomic mass is 16.5. The number of nitrogen functional groups attached to an aromatic ring is 1. The molecule has 112 valence electrons. The molecule has 0 aliphatic carbocycles. The van der Waals surface area contributed by atoms with Gasteiger partial charge in [0.25, 0.3) is 0 Å². The third-order valence-corrected chi connectivity index (χ3v) is 4.02. The molecule has 2 heterocycles. The average Bonchev–Trinajstić information content (AvgIpc) is 2.38. The number of aromatic nitrogens is 1. The lowest BCUT2D eigenvalue weighted by Gasteiger charge is -2.36. The van der Waals surface area contributed by atoms with Gasteiger partial charge < -0.3 is 15.8 Å². The second-order valence-corrected chi connectivity index (χ2v) is 6.53. The van der Waals surface area contributed by atoms with Crippen LogP contribution in [0.3, 0.4) is 0 Å². The Labute approximate surface area is 125 Å². The minimum absolute atomic E-state index is 0.0627. The van der Waals surface area contributed by atoms with Gasteiger partial charge in [-0.05, 0) is 57.9 Å². The van der Waals surface area contributed by atoms with Gasteiger partial charge in [-0.15, -0.1) is 0 Å². The molecule has 1 atom stereocenters. The predicted molar refractivity (Wildman–Crippen MR) is 87.6 cm³/mol. The van der Waals surface area contributed by atoms with E-state index >= 15 is 0 Å². The van der Waals surface area contributed by atoms with Crippen molar-refractivity contribution in [2.24, 2.45) is 0 Å². The lowest BCUT2D eigenvalue weighted by molar-refractivity contribution is -0.0553. The Kier molecular flexibility index (Phi) is 3.49. The second-order valence-electron chi connectivity index (χ2n) is 6.53. The SMILES string of the molecule is Cc1cc(NC2CCOC(C)(C)C2)c2cc(N)ccc2n1. The number of rotatable bonds is 2. The number of nitrogens with one attached hydrogen (secondary N) is 1. The molecule has 1 fully saturated rings. The quantitative estimate of drug-likeness (QED) is 0.829. The molecule has 4 nitrogen and oxygen atoms in total. The van der Waals surface area contributed by atoms with Crippen LogP contribution in [0.15, 0.2) is 24.3 Å². The fraction of sp³-hybridized carbons (Fsp3) is 0.471. The first-order valence-electron chi connectivity index (χ1n) is 7.50. The number of nitrogens with zero attached hydrogens (tertiary/aromatic N) is 1. The first-order valence-corrected chi connectivity index (χ1v) is 7.50. The first kappa shape index (κ1) is 14.1. The van der Waals surface area contributed by atoms with E-state index in [4.69, 9.17) is 10.5 Å². The predicted octanol–water partition coefficient (Wildman–Crippen LogP) is 3.49. The van der Waals surface area contributed by atoms with Crippen molar-refractivity contribution in [3.63, 3.8) is 0 Å². The number of fused-ring (bicyclic) bond motifs is 1. The zero-order valence-corrected chi connectivity index (χ0v) is 12.9. The van der Waals surface area contributed by atoms with Gasteiger partial charge in [-0.2, -0.15) is 0 Å². The van der Waals surface area contributed by atoms with E-state index < -0.39 is 0 Å². The van der Waals surface area contributed by atoms with Crippen molar-refractivity contribution in [1.29, 1.82) is 0 Å². The number of hydrogen-bond donors (Lipinski definition) is 2. The minimum atomic E-state index is -0.0627. The fourth-order valence-electron chi connectivity index (χ4n) is 3.07. The summed E-state index contributed by atoms with van der Waals surface area (Å²) in [5, 5.41) is 4.76. The number of nitrogens with two attached hydrogens (primary N) is 1. The second kappa shape index (κ2) is 5.19. The molecule has 3 N–H and O–H groups in total. The van der Waals surface area contributed by atoms with Crippen molar-refractivity contribution in [3.05, 3.63) is 30.0 Å². The van der Waals surface area contributed by atoms with Crippen LogP contribution in [0.25, 0.3) is 10.9 Å². The highest BCUT2D eigenvalue weighted by Crippen LogP contribution is 2.30. The van der Waals surface area contributed by atoms with Crippen molar-refractivity contribution < 1.29 is 4.74 Å². The number of aryl methyl sites for hydroxylation is 1. The van der Waals surface area contributed by atoms with Gasteiger partial charge in [0.2, 0.25) is 0 Å². The maximum atomic E-state index is 5.93. The van der Waals surface area contributed by atoms with Gasteiger partial charge in [-0.25, -0.2) is 0 Å². The monoisotopic (exact) mass is 285 g/mol. The van der Waals surface area contributed by atoms with Gasteiger partial charge in [-0.1, -0.05) is 0 Å². The highest BCUT2D eigenvalue weighted by molar-refractivity contribution is 5.93. The van der Waals surface area contributed by atoms with Crippen LogP contribution in [0.2, 0.25) is 0 Å². The molecule has 1 saturated heterocycles. The van der Waals surface area contributed by atoms with Crippen LogP contribution in [0.1, 0.15) is 32.4 Å². The summed E-state index contributed by atoms with van der Waals surface area (Å²) >= 11 is 0. The maximum absolute atomic E-state index is 5.93. The largest absolute Gasteiger partial charge is 0.399 e. The van der Waals surface area contributed by atoms with Gasteiger partial charge >= 0.3 is 0 Å². The summed E-state index contributed by atoms with van der Waals surface area (Å²) in [6, 6.07) is 8.39. The van der Waals surface area contributed by atoms with Crippen molar-refractivity contribution in [1.82, 2.24) is 4.98 Å². The van der Waals surface area contributed by atoms with Gasteiger partial charge in [0, 0.05) is 35.1 Å². The highest BCUT2D eigenvalue weighted by Gasteiger charge is 2.29. The topological polar surface area (TPSA) is 60.2 Å². The van der Waals surface area contributed by atoms with E-state index in [1.807, 2.05) is 25.1 Å². The molecule has 0 bridgehead atoms. The molecule has 3 rings (SSSR count). The van der Waals surface area contributed by atoms with Crippen LogP contribution >= 0.6 is 0 Å². The zero-order valence-electron chi connectivity index (χ0n) is 12.9. The summed E-state index contributed by atoms with van der Waals surface area (Å²) in [5.74, 6) is 0. The molecular weight excluding hydrogens is 262 g/mol. The van der Waals surface area contributed by atoms with E-state index in [2.05, 4.69) is 30.2 Å². The van der Waals surface area contributed by atoms with E-state index in [1.54, 1.807) is 0 Å². The molecule has 0 spiro atoms. The van der Waals surface area contributed by atoms with Crippen LogP contribution in [0.5, 0.6) is 0 Å². The molecule has 21 heavy (non-hydrogen) atoms. The average molecular weight is 285 g/mol. The van der Waals surface area contributed by atoms with Crippen LogP contribution in [0.4, 0.5) is 11.4 Å². The van der Waals surface area contributed by atoms with Crippen LogP contribution in [0, 0.1) is 6.92 Å². The van der Waals surface area contributed by atoms with E-state index in [0.717, 1.165) is 47.4 Å². The number of pyridine rings is 1. The molecule has 4 heteroatoms. The molecular formula is C17H23N3O. The normalized spacial score (nSPS) is 21.4. The molecule has 0 saturated carbocycles. The lowest BCUT2D eigenvalue weighted by Crippen LogP contribution is -2.40. The summed E-state index contributed by atoms with van der Waals surface area (Å²) in [6.45, 7) is 7.12. The van der Waals surface area contributed by atoms with Crippen molar-refractivity contribution in [2.45, 2.75) is 45.3 Å². The fourth-order valence-corrected chi connectivity index (χ4v) is 3.07. The van der Waals surface area contributed by atoms with Crippen LogP contribution in [-0.4, -0.2) is 23.2 Å². The van der Waals surface area contributed by atoms with Crippen molar-refractivity contribution >= 4 is 22.3 Å². The van der Waals surface area contributed by atoms with Gasteiger partial charge in [0.1, 0.15) is 0 Å². The third-order valence-electron chi connectivity index (χ3n) is 4.02. The van der Waals surface area contributed by atoms with Gasteiger partial charge in [-0.3, -0.25) is 4.98 Å². The van der Waals surface area contributed by atoms with E-state index in [-0.39, 0.29) is 5.60 Å². The first-order chi connectivity index (χ1) is 9.93. The number of benzene rings is 1. The van der Waals surface area contributed by atoms with Crippen molar-refractivity contribution in [3.8, 4) is 0 Å². The number of hydrogen-bond acceptors (Lipinski definition) is 4. The van der Waals surface area contributed by atoms with Crippen LogP contribution in [-0.2, 0) is 4.74 Å². The molecule has 1 unspecified atom stereocenters. The number of anilines is 2. The van der Waals surface area contributed by atoms with E-state index in [9.17, 15) is 0 Å². The Hall–Kier alpha value is -1.81. The smallest absolute Gasteiger partial charge is 0.0727 e. The Morgan fingerprint density at radius 3 is 2.90 bits per heavy atom. The summed E-state index contributed by atoms with van der Waals surface area (Å²) in [7, 11) is 0. The summed E-state index contributed by atoms with van der Waals surface area (Å²) < 4.78 is 5.79. The Morgan fingerprint density at radius 2 is 2.14 bits per heavy atom.